The van der Waals surface area contributed by atoms with Gasteiger partial charge in [-0.1, -0.05) is 26.7 Å². The van der Waals surface area contributed by atoms with E-state index < -0.39 is 0 Å². The molecule has 24 heavy (non-hydrogen) atoms. The van der Waals surface area contributed by atoms with Crippen molar-refractivity contribution in [3.8, 4) is 17.2 Å². The average Bonchev–Trinajstić information content (AvgIpc) is 2.61. The number of hydrogen-bond acceptors (Lipinski definition) is 4. The second kappa shape index (κ2) is 8.62. The van der Waals surface area contributed by atoms with Crippen LogP contribution in [0.2, 0.25) is 0 Å². The first-order chi connectivity index (χ1) is 11.7. The van der Waals surface area contributed by atoms with E-state index in [2.05, 4.69) is 13.8 Å². The van der Waals surface area contributed by atoms with Crippen molar-refractivity contribution in [2.75, 3.05) is 20.8 Å². The van der Waals surface area contributed by atoms with E-state index in [1.54, 1.807) is 18.8 Å². The summed E-state index contributed by atoms with van der Waals surface area (Å²) in [5, 5.41) is 0.862. The van der Waals surface area contributed by atoms with E-state index in [9.17, 15) is 4.79 Å². The summed E-state index contributed by atoms with van der Waals surface area (Å²) < 4.78 is 18.4. The average molecular weight is 333 g/mol. The fraction of sp³-hybridized carbons (Fsp3) is 0.526. The number of nitrogens with zero attached hydrogens (tertiary/aromatic N) is 1. The van der Waals surface area contributed by atoms with Crippen molar-refractivity contribution in [1.82, 2.24) is 4.57 Å². The zero-order chi connectivity index (χ0) is 17.5. The van der Waals surface area contributed by atoms with Gasteiger partial charge in [-0.3, -0.25) is 4.79 Å². The number of aromatic nitrogens is 1. The largest absolute Gasteiger partial charge is 0.497 e. The molecule has 0 aliphatic carbocycles. The molecule has 132 valence electrons. The van der Waals surface area contributed by atoms with Gasteiger partial charge in [0.25, 0.3) is 5.56 Å². The number of pyridine rings is 1. The molecule has 5 heteroatoms. The SMILES string of the molecule is CCCCOc1c(OC)c2ccc(OC)cc2n(CCCC)c1=O. The first kappa shape index (κ1) is 18.2. The van der Waals surface area contributed by atoms with Gasteiger partial charge in [0, 0.05) is 18.0 Å². The summed E-state index contributed by atoms with van der Waals surface area (Å²) in [6, 6.07) is 5.67. The van der Waals surface area contributed by atoms with Crippen molar-refractivity contribution >= 4 is 10.9 Å². The highest BCUT2D eigenvalue weighted by atomic mass is 16.5. The molecular formula is C19H27NO4. The zero-order valence-electron chi connectivity index (χ0n) is 15.1. The molecule has 2 rings (SSSR count). The Hall–Kier alpha value is -2.17. The van der Waals surface area contributed by atoms with Crippen LogP contribution in [-0.2, 0) is 6.54 Å². The highest BCUT2D eigenvalue weighted by Gasteiger charge is 2.19. The van der Waals surface area contributed by atoms with Crippen LogP contribution in [0.15, 0.2) is 23.0 Å². The van der Waals surface area contributed by atoms with Gasteiger partial charge >= 0.3 is 0 Å². The third kappa shape index (κ3) is 3.66. The maximum absolute atomic E-state index is 13.0. The molecule has 0 spiro atoms. The van der Waals surface area contributed by atoms with Gasteiger partial charge in [-0.15, -0.1) is 0 Å². The molecule has 1 aromatic carbocycles. The molecule has 0 atom stereocenters. The second-order valence-corrected chi connectivity index (χ2v) is 5.76. The predicted molar refractivity (Wildman–Crippen MR) is 96.6 cm³/mol. The summed E-state index contributed by atoms with van der Waals surface area (Å²) in [6.07, 6.45) is 3.85. The lowest BCUT2D eigenvalue weighted by molar-refractivity contribution is 0.283. The minimum atomic E-state index is -0.142. The number of methoxy groups -OCH3 is 2. The summed E-state index contributed by atoms with van der Waals surface area (Å²) in [7, 11) is 3.19. The summed E-state index contributed by atoms with van der Waals surface area (Å²) in [5.41, 5.74) is 0.671. The van der Waals surface area contributed by atoms with Crippen LogP contribution in [0, 0.1) is 0 Å². The van der Waals surface area contributed by atoms with E-state index in [0.717, 1.165) is 36.6 Å². The third-order valence-electron chi connectivity index (χ3n) is 4.07. The molecule has 5 nitrogen and oxygen atoms in total. The highest BCUT2D eigenvalue weighted by Crippen LogP contribution is 2.34. The quantitative estimate of drug-likeness (QED) is 0.651. The van der Waals surface area contributed by atoms with Gasteiger partial charge in [0.2, 0.25) is 5.75 Å². The van der Waals surface area contributed by atoms with E-state index in [0.29, 0.717) is 30.4 Å². The van der Waals surface area contributed by atoms with Crippen molar-refractivity contribution < 1.29 is 14.2 Å². The standard InChI is InChI=1S/C19H27NO4/c1-5-7-11-20-16-13-14(22-3)9-10-15(16)17(23-4)18(19(20)21)24-12-8-6-2/h9-10,13H,5-8,11-12H2,1-4H3. The molecular weight excluding hydrogens is 306 g/mol. The van der Waals surface area contributed by atoms with Crippen molar-refractivity contribution in [2.45, 2.75) is 46.1 Å². The van der Waals surface area contributed by atoms with Crippen LogP contribution < -0.4 is 19.8 Å². The minimum Gasteiger partial charge on any atom is -0.497 e. The van der Waals surface area contributed by atoms with E-state index >= 15 is 0 Å². The predicted octanol–water partition coefficient (Wildman–Crippen LogP) is 4.00. The van der Waals surface area contributed by atoms with Gasteiger partial charge in [0.15, 0.2) is 5.75 Å². The Morgan fingerprint density at radius 3 is 2.38 bits per heavy atom. The third-order valence-corrected chi connectivity index (χ3v) is 4.07. The van der Waals surface area contributed by atoms with Crippen LogP contribution in [0.4, 0.5) is 0 Å². The van der Waals surface area contributed by atoms with E-state index in [1.807, 2.05) is 18.2 Å². The zero-order valence-corrected chi connectivity index (χ0v) is 15.1. The van der Waals surface area contributed by atoms with Crippen molar-refractivity contribution in [1.29, 1.82) is 0 Å². The number of rotatable bonds is 9. The number of hydrogen-bond donors (Lipinski definition) is 0. The van der Waals surface area contributed by atoms with Crippen LogP contribution in [0.25, 0.3) is 10.9 Å². The molecule has 1 aromatic heterocycles. The monoisotopic (exact) mass is 333 g/mol. The maximum atomic E-state index is 13.0. The number of aryl methyl sites for hydroxylation is 1. The van der Waals surface area contributed by atoms with Gasteiger partial charge in [0.05, 0.1) is 26.3 Å². The maximum Gasteiger partial charge on any atom is 0.297 e. The topological polar surface area (TPSA) is 49.7 Å². The van der Waals surface area contributed by atoms with Gasteiger partial charge in [-0.25, -0.2) is 0 Å². The van der Waals surface area contributed by atoms with Crippen LogP contribution in [0.1, 0.15) is 39.5 Å². The van der Waals surface area contributed by atoms with E-state index in [1.165, 1.54) is 0 Å². The molecule has 0 saturated carbocycles. The molecule has 0 unspecified atom stereocenters. The molecule has 0 aliphatic rings. The lowest BCUT2D eigenvalue weighted by Gasteiger charge is -2.18. The molecule has 0 N–H and O–H groups in total. The molecule has 0 aliphatic heterocycles. The van der Waals surface area contributed by atoms with Crippen molar-refractivity contribution in [2.24, 2.45) is 0 Å². The molecule has 0 amide bonds. The minimum absolute atomic E-state index is 0.142. The fourth-order valence-corrected chi connectivity index (χ4v) is 2.69. The number of benzene rings is 1. The summed E-state index contributed by atoms with van der Waals surface area (Å²) >= 11 is 0. The Balaban J connectivity index is 2.67. The molecule has 0 fully saturated rings. The Morgan fingerprint density at radius 2 is 1.75 bits per heavy atom. The fourth-order valence-electron chi connectivity index (χ4n) is 2.69. The Labute approximate surface area is 143 Å². The van der Waals surface area contributed by atoms with Crippen LogP contribution in [0.5, 0.6) is 17.2 Å². The second-order valence-electron chi connectivity index (χ2n) is 5.76. The van der Waals surface area contributed by atoms with E-state index in [-0.39, 0.29) is 5.56 Å². The van der Waals surface area contributed by atoms with Gasteiger partial charge in [-0.05, 0) is 25.0 Å². The number of ether oxygens (including phenoxy) is 3. The summed E-state index contributed by atoms with van der Waals surface area (Å²) in [4.78, 5) is 13.0. The number of fused-ring (bicyclic) bond motifs is 1. The van der Waals surface area contributed by atoms with E-state index in [4.69, 9.17) is 14.2 Å². The normalized spacial score (nSPS) is 10.8. The summed E-state index contributed by atoms with van der Waals surface area (Å²) in [6.45, 7) is 5.35. The van der Waals surface area contributed by atoms with Gasteiger partial charge < -0.3 is 18.8 Å². The summed E-state index contributed by atoms with van der Waals surface area (Å²) in [5.74, 6) is 1.52. The Morgan fingerprint density at radius 1 is 1.00 bits per heavy atom. The van der Waals surface area contributed by atoms with Crippen molar-refractivity contribution in [3.05, 3.63) is 28.6 Å². The molecule has 0 bridgehead atoms. The first-order valence-corrected chi connectivity index (χ1v) is 8.59. The lowest BCUT2D eigenvalue weighted by atomic mass is 10.1. The van der Waals surface area contributed by atoms with Gasteiger partial charge in [0.1, 0.15) is 5.75 Å². The van der Waals surface area contributed by atoms with Crippen LogP contribution in [0.3, 0.4) is 0 Å². The molecule has 1 heterocycles. The Bertz CT molecular complexity index is 736. The molecule has 0 radical (unpaired) electrons. The first-order valence-electron chi connectivity index (χ1n) is 8.59. The molecule has 0 saturated heterocycles. The highest BCUT2D eigenvalue weighted by molar-refractivity contribution is 5.89. The van der Waals surface area contributed by atoms with Crippen LogP contribution >= 0.6 is 0 Å². The van der Waals surface area contributed by atoms with Crippen molar-refractivity contribution in [3.63, 3.8) is 0 Å². The van der Waals surface area contributed by atoms with Crippen LogP contribution in [-0.4, -0.2) is 25.4 Å². The van der Waals surface area contributed by atoms with Gasteiger partial charge in [-0.2, -0.15) is 0 Å². The number of unbranched alkanes of at least 4 members (excludes halogenated alkanes) is 2. The smallest absolute Gasteiger partial charge is 0.297 e. The molecule has 2 aromatic rings. The lowest BCUT2D eigenvalue weighted by Crippen LogP contribution is -2.24. The Kier molecular flexibility index (Phi) is 6.53.